The third-order valence-corrected chi connectivity index (χ3v) is 6.76. The van der Waals surface area contributed by atoms with Crippen LogP contribution in [0.15, 0.2) is 90.1 Å². The fourth-order valence-electron chi connectivity index (χ4n) is 4.73. The Labute approximate surface area is 208 Å². The van der Waals surface area contributed by atoms with Crippen molar-refractivity contribution in [2.75, 3.05) is 7.11 Å². The zero-order valence-electron chi connectivity index (χ0n) is 20.3. The molecular weight excluding hydrogens is 450 g/mol. The van der Waals surface area contributed by atoms with E-state index in [1.165, 1.54) is 0 Å². The Bertz CT molecular complexity index is 1690. The molecule has 178 valence electrons. The molecule has 0 unspecified atom stereocenters. The number of pyridine rings is 1. The zero-order valence-corrected chi connectivity index (χ0v) is 20.3. The Morgan fingerprint density at radius 2 is 1.75 bits per heavy atom. The molecule has 0 saturated carbocycles. The van der Waals surface area contributed by atoms with Gasteiger partial charge in [0.15, 0.2) is 5.69 Å². The first-order chi connectivity index (χ1) is 17.4. The van der Waals surface area contributed by atoms with Crippen molar-refractivity contribution in [1.29, 1.82) is 0 Å². The number of benzene rings is 3. The van der Waals surface area contributed by atoms with Gasteiger partial charge in [0, 0.05) is 25.5 Å². The van der Waals surface area contributed by atoms with E-state index in [-0.39, 0.29) is 5.56 Å². The van der Waals surface area contributed by atoms with E-state index in [2.05, 4.69) is 9.83 Å². The van der Waals surface area contributed by atoms with Crippen LogP contribution in [0.2, 0.25) is 0 Å². The Kier molecular flexibility index (Phi) is 5.67. The van der Waals surface area contributed by atoms with Gasteiger partial charge in [-0.1, -0.05) is 42.5 Å². The Hall–Kier alpha value is -4.67. The van der Waals surface area contributed by atoms with Gasteiger partial charge < -0.3 is 19.6 Å². The van der Waals surface area contributed by atoms with Gasteiger partial charge in [-0.15, -0.1) is 0 Å². The highest BCUT2D eigenvalue weighted by molar-refractivity contribution is 5.95. The molecule has 2 heterocycles. The lowest BCUT2D eigenvalue weighted by Crippen LogP contribution is -2.41. The van der Waals surface area contributed by atoms with Crippen LogP contribution in [0.4, 0.5) is 5.69 Å². The number of methoxy groups -OCH3 is 1. The molecule has 0 aliphatic carbocycles. The molecule has 0 aliphatic heterocycles. The number of aryl methyl sites for hydroxylation is 2. The van der Waals surface area contributed by atoms with E-state index in [1.54, 1.807) is 49.4 Å². The summed E-state index contributed by atoms with van der Waals surface area (Å²) in [7, 11) is 5.29. The van der Waals surface area contributed by atoms with Crippen LogP contribution >= 0.6 is 0 Å². The summed E-state index contributed by atoms with van der Waals surface area (Å²) in [5.74, 6) is 0.709. The number of hydrogen-bond donors (Lipinski definition) is 1. The molecule has 0 spiro atoms. The number of fused-ring (bicyclic) bond motifs is 1. The molecule has 0 bridgehead atoms. The van der Waals surface area contributed by atoms with Gasteiger partial charge in [0.2, 0.25) is 0 Å². The van der Waals surface area contributed by atoms with Crippen molar-refractivity contribution in [3.05, 3.63) is 124 Å². The minimum atomic E-state index is -1.06. The van der Waals surface area contributed by atoms with Gasteiger partial charge in [-0.3, -0.25) is 4.79 Å². The standard InChI is InChI=1S/C29H25N5O2/c1-31-22-11-8-20(9-12-22)29(30,27-17-32-18-33(27)2)21-10-13-26-25(15-21)24(16-28(35)34(26)3)19-6-5-7-23(14-19)36-4/h5-18H,30H2,2-4H3/t29-/m1/s1. The first-order valence-corrected chi connectivity index (χ1v) is 11.4. The molecule has 7 nitrogen and oxygen atoms in total. The predicted octanol–water partition coefficient (Wildman–Crippen LogP) is 4.75. The lowest BCUT2D eigenvalue weighted by molar-refractivity contribution is 0.415. The molecular formula is C29H25N5O2. The average molecular weight is 476 g/mol. The smallest absolute Gasteiger partial charge is 0.251 e. The van der Waals surface area contributed by atoms with Gasteiger partial charge in [-0.05, 0) is 46.5 Å². The van der Waals surface area contributed by atoms with Gasteiger partial charge in [-0.2, -0.15) is 0 Å². The van der Waals surface area contributed by atoms with E-state index < -0.39 is 5.54 Å². The Morgan fingerprint density at radius 3 is 2.42 bits per heavy atom. The zero-order chi connectivity index (χ0) is 25.4. The fourth-order valence-corrected chi connectivity index (χ4v) is 4.73. The summed E-state index contributed by atoms with van der Waals surface area (Å²) in [5.41, 5.74) is 11.6. The van der Waals surface area contributed by atoms with Gasteiger partial charge in [0.1, 0.15) is 11.3 Å². The highest BCUT2D eigenvalue weighted by Gasteiger charge is 2.35. The first-order valence-electron chi connectivity index (χ1n) is 11.4. The molecule has 2 N–H and O–H groups in total. The van der Waals surface area contributed by atoms with Crippen LogP contribution in [0.5, 0.6) is 5.75 Å². The number of aromatic nitrogens is 3. The van der Waals surface area contributed by atoms with Crippen LogP contribution in [-0.4, -0.2) is 21.2 Å². The molecule has 5 aromatic rings. The first kappa shape index (κ1) is 23.1. The maximum absolute atomic E-state index is 12.8. The van der Waals surface area contributed by atoms with Gasteiger partial charge >= 0.3 is 0 Å². The minimum Gasteiger partial charge on any atom is -0.497 e. The Morgan fingerprint density at radius 1 is 1.00 bits per heavy atom. The number of hydrogen-bond acceptors (Lipinski definition) is 4. The van der Waals surface area contributed by atoms with Gasteiger partial charge in [-0.25, -0.2) is 9.83 Å². The van der Waals surface area contributed by atoms with Crippen LogP contribution < -0.4 is 16.0 Å². The van der Waals surface area contributed by atoms with Crippen LogP contribution in [0.25, 0.3) is 26.9 Å². The van der Waals surface area contributed by atoms with E-state index in [4.69, 9.17) is 17.0 Å². The molecule has 1 atom stereocenters. The number of rotatable bonds is 5. The summed E-state index contributed by atoms with van der Waals surface area (Å²) in [6, 6.07) is 22.5. The molecule has 3 aromatic carbocycles. The summed E-state index contributed by atoms with van der Waals surface area (Å²) in [6.07, 6.45) is 3.48. The SMILES string of the molecule is [C-]#[N+]c1ccc([C@@](N)(c2ccc3c(c2)c(-c2cccc(OC)c2)cc(=O)n3C)c2cncn2C)cc1. The van der Waals surface area contributed by atoms with Crippen molar-refractivity contribution in [3.63, 3.8) is 0 Å². The molecule has 0 fully saturated rings. The van der Waals surface area contributed by atoms with Gasteiger partial charge in [0.25, 0.3) is 5.56 Å². The van der Waals surface area contributed by atoms with Crippen molar-refractivity contribution in [3.8, 4) is 16.9 Å². The molecule has 36 heavy (non-hydrogen) atoms. The second kappa shape index (κ2) is 8.84. The molecule has 2 aromatic heterocycles. The van der Waals surface area contributed by atoms with Crippen molar-refractivity contribution < 1.29 is 4.74 Å². The lowest BCUT2D eigenvalue weighted by atomic mass is 9.80. The van der Waals surface area contributed by atoms with Crippen molar-refractivity contribution in [2.45, 2.75) is 5.54 Å². The van der Waals surface area contributed by atoms with E-state index in [0.29, 0.717) is 11.4 Å². The quantitative estimate of drug-likeness (QED) is 0.372. The topological polar surface area (TPSA) is 79.4 Å². The second-order valence-electron chi connectivity index (χ2n) is 8.78. The third kappa shape index (κ3) is 3.65. The summed E-state index contributed by atoms with van der Waals surface area (Å²) in [5, 5.41) is 0.887. The lowest BCUT2D eigenvalue weighted by Gasteiger charge is -2.32. The summed E-state index contributed by atoms with van der Waals surface area (Å²) < 4.78 is 8.96. The molecule has 5 rings (SSSR count). The molecule has 0 aliphatic rings. The average Bonchev–Trinajstić information content (AvgIpc) is 3.36. The number of imidazole rings is 1. The van der Waals surface area contributed by atoms with Crippen molar-refractivity contribution in [1.82, 2.24) is 14.1 Å². The highest BCUT2D eigenvalue weighted by Crippen LogP contribution is 2.38. The number of nitrogens with two attached hydrogens (primary N) is 1. The number of ether oxygens (including phenoxy) is 1. The predicted molar refractivity (Wildman–Crippen MR) is 141 cm³/mol. The largest absolute Gasteiger partial charge is 0.497 e. The van der Waals surface area contributed by atoms with E-state index in [0.717, 1.165) is 38.9 Å². The van der Waals surface area contributed by atoms with Gasteiger partial charge in [0.05, 0.1) is 37.4 Å². The normalized spacial score (nSPS) is 12.8. The molecule has 0 radical (unpaired) electrons. The van der Waals surface area contributed by atoms with E-state index in [9.17, 15) is 4.79 Å². The van der Waals surface area contributed by atoms with Crippen LogP contribution in [0.1, 0.15) is 16.8 Å². The molecule has 7 heteroatoms. The highest BCUT2D eigenvalue weighted by atomic mass is 16.5. The second-order valence-corrected chi connectivity index (χ2v) is 8.78. The summed E-state index contributed by atoms with van der Waals surface area (Å²) >= 11 is 0. The summed E-state index contributed by atoms with van der Waals surface area (Å²) in [6.45, 7) is 7.31. The fraction of sp³-hybridized carbons (Fsp3) is 0.138. The van der Waals surface area contributed by atoms with Crippen molar-refractivity contribution >= 4 is 16.6 Å². The molecule has 0 amide bonds. The monoisotopic (exact) mass is 475 g/mol. The van der Waals surface area contributed by atoms with E-state index in [1.807, 2.05) is 66.2 Å². The van der Waals surface area contributed by atoms with Crippen LogP contribution in [0, 0.1) is 6.57 Å². The maximum atomic E-state index is 12.8. The van der Waals surface area contributed by atoms with E-state index >= 15 is 0 Å². The maximum Gasteiger partial charge on any atom is 0.251 e. The minimum absolute atomic E-state index is 0.103. The number of nitrogens with zero attached hydrogens (tertiary/aromatic N) is 4. The summed E-state index contributed by atoms with van der Waals surface area (Å²) in [4.78, 5) is 20.7. The van der Waals surface area contributed by atoms with Crippen LogP contribution in [0.3, 0.4) is 0 Å². The Balaban J connectivity index is 1.82. The third-order valence-electron chi connectivity index (χ3n) is 6.76. The van der Waals surface area contributed by atoms with Crippen molar-refractivity contribution in [2.24, 2.45) is 19.8 Å². The van der Waals surface area contributed by atoms with Crippen LogP contribution in [-0.2, 0) is 19.6 Å². The molecule has 0 saturated heterocycles.